The lowest BCUT2D eigenvalue weighted by molar-refractivity contribution is -0.142. The summed E-state index contributed by atoms with van der Waals surface area (Å²) >= 11 is 1.23. The molecule has 0 atom stereocenters. The summed E-state index contributed by atoms with van der Waals surface area (Å²) in [5, 5.41) is 16.8. The van der Waals surface area contributed by atoms with Crippen LogP contribution in [0.5, 0.6) is 0 Å². The van der Waals surface area contributed by atoms with Crippen molar-refractivity contribution in [3.05, 3.63) is 23.4 Å². The summed E-state index contributed by atoms with van der Waals surface area (Å²) in [5.41, 5.74) is -1.53. The molecule has 1 aliphatic carbocycles. The van der Waals surface area contributed by atoms with E-state index in [9.17, 15) is 18.0 Å². The molecular formula is C13H12F3N3O2S. The molecule has 0 aliphatic heterocycles. The number of hydrogen-bond acceptors (Lipinski definition) is 4. The zero-order valence-corrected chi connectivity index (χ0v) is 12.1. The second kappa shape index (κ2) is 5.45. The van der Waals surface area contributed by atoms with E-state index in [0.717, 1.165) is 42.2 Å². The summed E-state index contributed by atoms with van der Waals surface area (Å²) < 4.78 is 40.4. The van der Waals surface area contributed by atoms with Gasteiger partial charge >= 0.3 is 12.1 Å². The lowest BCUT2D eigenvalue weighted by Gasteiger charge is -2.13. The topological polar surface area (TPSA) is 67.5 Å². The van der Waals surface area contributed by atoms with E-state index in [1.807, 2.05) is 0 Å². The van der Waals surface area contributed by atoms with Crippen LogP contribution < -0.4 is 0 Å². The molecule has 2 heterocycles. The number of fused-ring (bicyclic) bond motifs is 1. The van der Waals surface area contributed by atoms with Gasteiger partial charge in [-0.3, -0.25) is 4.40 Å². The number of pyridine rings is 1. The van der Waals surface area contributed by atoms with Gasteiger partial charge in [0.15, 0.2) is 10.8 Å². The van der Waals surface area contributed by atoms with E-state index in [1.165, 1.54) is 11.8 Å². The lowest BCUT2D eigenvalue weighted by Crippen LogP contribution is -2.14. The molecule has 5 nitrogen and oxygen atoms in total. The third kappa shape index (κ3) is 2.65. The first-order valence-corrected chi connectivity index (χ1v) is 7.61. The Kier molecular flexibility index (Phi) is 3.75. The fraction of sp³-hybridized carbons (Fsp3) is 0.462. The maximum absolute atomic E-state index is 13.2. The Bertz CT molecular complexity index is 723. The van der Waals surface area contributed by atoms with Crippen LogP contribution in [-0.2, 0) is 6.18 Å². The molecule has 0 bridgehead atoms. The van der Waals surface area contributed by atoms with Crippen LogP contribution >= 0.6 is 11.8 Å². The molecule has 3 rings (SSSR count). The summed E-state index contributed by atoms with van der Waals surface area (Å²) in [6.45, 7) is 0. The summed E-state index contributed by atoms with van der Waals surface area (Å²) in [4.78, 5) is 11.2. The Balaban J connectivity index is 2.16. The fourth-order valence-corrected chi connectivity index (χ4v) is 3.84. The number of hydrogen-bond donors (Lipinski definition) is 1. The van der Waals surface area contributed by atoms with Crippen molar-refractivity contribution < 1.29 is 23.1 Å². The number of carboxylic acids is 1. The van der Waals surface area contributed by atoms with Crippen LogP contribution in [0, 0.1) is 0 Å². The number of halogens is 3. The number of thioether (sulfide) groups is 1. The highest BCUT2D eigenvalue weighted by Gasteiger charge is 2.36. The van der Waals surface area contributed by atoms with Gasteiger partial charge in [-0.2, -0.15) is 13.2 Å². The van der Waals surface area contributed by atoms with Crippen LogP contribution in [0.1, 0.15) is 41.7 Å². The smallest absolute Gasteiger partial charge is 0.431 e. The van der Waals surface area contributed by atoms with Gasteiger partial charge in [-0.1, -0.05) is 24.6 Å². The summed E-state index contributed by atoms with van der Waals surface area (Å²) in [6.07, 6.45) is -0.691. The van der Waals surface area contributed by atoms with Crippen molar-refractivity contribution in [2.24, 2.45) is 0 Å². The van der Waals surface area contributed by atoms with Crippen LogP contribution in [0.4, 0.5) is 13.2 Å². The fourth-order valence-electron chi connectivity index (χ4n) is 2.59. The molecular weight excluding hydrogens is 319 g/mol. The van der Waals surface area contributed by atoms with Gasteiger partial charge in [0.2, 0.25) is 0 Å². The van der Waals surface area contributed by atoms with Crippen LogP contribution in [-0.4, -0.2) is 30.9 Å². The number of rotatable bonds is 3. The molecule has 0 radical (unpaired) electrons. The van der Waals surface area contributed by atoms with Crippen molar-refractivity contribution in [2.75, 3.05) is 0 Å². The number of carbonyl (C=O) groups is 1. The van der Waals surface area contributed by atoms with Gasteiger partial charge in [0, 0.05) is 5.25 Å². The third-order valence-electron chi connectivity index (χ3n) is 3.62. The first kappa shape index (κ1) is 15.1. The molecule has 9 heteroatoms. The van der Waals surface area contributed by atoms with Crippen molar-refractivity contribution in [2.45, 2.75) is 42.3 Å². The monoisotopic (exact) mass is 331 g/mol. The summed E-state index contributed by atoms with van der Waals surface area (Å²) in [6, 6.07) is 1.68. The highest BCUT2D eigenvalue weighted by molar-refractivity contribution is 7.99. The minimum absolute atomic E-state index is 0.0947. The molecule has 1 aliphatic rings. The van der Waals surface area contributed by atoms with Crippen molar-refractivity contribution in [3.63, 3.8) is 0 Å². The predicted octanol–water partition coefficient (Wildman–Crippen LogP) is 3.48. The first-order chi connectivity index (χ1) is 10.4. The van der Waals surface area contributed by atoms with Crippen LogP contribution in [0.3, 0.4) is 0 Å². The number of alkyl halides is 3. The maximum Gasteiger partial charge on any atom is 0.431 e. The second-order valence-corrected chi connectivity index (χ2v) is 6.37. The molecule has 2 aromatic rings. The standard InChI is InChI=1S/C13H12F3N3O2S/c14-13(15,16)9-6-5-8(11(20)21)10-17-18-12(19(9)10)22-7-3-1-2-4-7/h5-7H,1-4H2,(H,20,21). The second-order valence-electron chi connectivity index (χ2n) is 5.10. The van der Waals surface area contributed by atoms with Crippen molar-refractivity contribution in [3.8, 4) is 0 Å². The summed E-state index contributed by atoms with van der Waals surface area (Å²) in [5.74, 6) is -1.33. The van der Waals surface area contributed by atoms with Crippen molar-refractivity contribution in [1.29, 1.82) is 0 Å². The van der Waals surface area contributed by atoms with Gasteiger partial charge in [0.25, 0.3) is 0 Å². The van der Waals surface area contributed by atoms with E-state index < -0.39 is 17.8 Å². The van der Waals surface area contributed by atoms with Gasteiger partial charge in [-0.25, -0.2) is 4.79 Å². The molecule has 2 aromatic heterocycles. The summed E-state index contributed by atoms with van der Waals surface area (Å²) in [7, 11) is 0. The van der Waals surface area contributed by atoms with E-state index in [2.05, 4.69) is 10.2 Å². The number of nitrogens with zero attached hydrogens (tertiary/aromatic N) is 3. The van der Waals surface area contributed by atoms with Gasteiger partial charge < -0.3 is 5.11 Å². The Labute approximate surface area is 127 Å². The van der Waals surface area contributed by atoms with E-state index in [-0.39, 0.29) is 21.6 Å². The average molecular weight is 331 g/mol. The van der Waals surface area contributed by atoms with Gasteiger partial charge in [0.1, 0.15) is 11.3 Å². The van der Waals surface area contributed by atoms with Crippen molar-refractivity contribution >= 4 is 23.4 Å². The third-order valence-corrected chi connectivity index (χ3v) is 4.90. The molecule has 0 spiro atoms. The molecule has 0 unspecified atom stereocenters. The van der Waals surface area contributed by atoms with Crippen LogP contribution in [0.25, 0.3) is 5.65 Å². The molecule has 1 N–H and O–H groups in total. The number of carboxylic acid groups (broad SMARTS) is 1. The predicted molar refractivity (Wildman–Crippen MR) is 73.1 cm³/mol. The van der Waals surface area contributed by atoms with Crippen LogP contribution in [0.2, 0.25) is 0 Å². The van der Waals surface area contributed by atoms with Gasteiger partial charge in [0.05, 0.1) is 0 Å². The SMILES string of the molecule is O=C(O)c1ccc(C(F)(F)F)n2c(SC3CCCC3)nnc12. The van der Waals surface area contributed by atoms with Crippen LogP contribution in [0.15, 0.2) is 17.3 Å². The molecule has 0 saturated heterocycles. The Morgan fingerprint density at radius 2 is 1.95 bits per heavy atom. The zero-order valence-electron chi connectivity index (χ0n) is 11.3. The Morgan fingerprint density at radius 3 is 2.55 bits per heavy atom. The Morgan fingerprint density at radius 1 is 1.27 bits per heavy atom. The lowest BCUT2D eigenvalue weighted by atomic mass is 10.2. The molecule has 118 valence electrons. The van der Waals surface area contributed by atoms with E-state index in [1.54, 1.807) is 0 Å². The zero-order chi connectivity index (χ0) is 15.9. The van der Waals surface area contributed by atoms with E-state index in [4.69, 9.17) is 5.11 Å². The quantitative estimate of drug-likeness (QED) is 0.932. The molecule has 22 heavy (non-hydrogen) atoms. The molecule has 0 aromatic carbocycles. The van der Waals surface area contributed by atoms with E-state index >= 15 is 0 Å². The number of aromatic nitrogens is 3. The van der Waals surface area contributed by atoms with Gasteiger partial charge in [-0.15, -0.1) is 10.2 Å². The molecule has 0 amide bonds. The molecule has 1 saturated carbocycles. The largest absolute Gasteiger partial charge is 0.478 e. The van der Waals surface area contributed by atoms with Crippen molar-refractivity contribution in [1.82, 2.24) is 14.6 Å². The highest BCUT2D eigenvalue weighted by atomic mass is 32.2. The first-order valence-electron chi connectivity index (χ1n) is 6.73. The normalized spacial score (nSPS) is 16.5. The minimum Gasteiger partial charge on any atom is -0.478 e. The maximum atomic E-state index is 13.2. The number of aromatic carboxylic acids is 1. The van der Waals surface area contributed by atoms with Gasteiger partial charge in [-0.05, 0) is 25.0 Å². The molecule has 1 fully saturated rings. The average Bonchev–Trinajstić information content (AvgIpc) is 3.07. The Hall–Kier alpha value is -1.77. The van der Waals surface area contributed by atoms with E-state index in [0.29, 0.717) is 0 Å². The minimum atomic E-state index is -4.61. The highest BCUT2D eigenvalue weighted by Crippen LogP contribution is 2.37.